The van der Waals surface area contributed by atoms with E-state index in [0.29, 0.717) is 0 Å². The Morgan fingerprint density at radius 2 is 2.45 bits per heavy atom. The monoisotopic (exact) mass is 153 g/mol. The Labute approximate surface area is 68.3 Å². The van der Waals surface area contributed by atoms with Crippen LogP contribution in [0.25, 0.3) is 0 Å². The first-order valence-electron chi connectivity index (χ1n) is 3.99. The molecule has 11 heavy (non-hydrogen) atoms. The number of rotatable bonds is 2. The summed E-state index contributed by atoms with van der Waals surface area (Å²) in [5, 5.41) is 3.36. The molecular formula is C9H15NO. The molecule has 0 radical (unpaired) electrons. The lowest BCUT2D eigenvalue weighted by molar-refractivity contribution is 0.173. The van der Waals surface area contributed by atoms with Crippen molar-refractivity contribution in [1.29, 1.82) is 0 Å². The Morgan fingerprint density at radius 1 is 1.64 bits per heavy atom. The van der Waals surface area contributed by atoms with Gasteiger partial charge in [0.05, 0.1) is 13.2 Å². The van der Waals surface area contributed by atoms with Gasteiger partial charge in [-0.1, -0.05) is 5.92 Å². The minimum absolute atomic E-state index is 0.170. The predicted octanol–water partition coefficient (Wildman–Crippen LogP) is 0.778. The molecule has 1 N–H and O–H groups in total. The van der Waals surface area contributed by atoms with Crippen LogP contribution < -0.4 is 5.32 Å². The first-order chi connectivity index (χ1) is 5.27. The third-order valence-electron chi connectivity index (χ3n) is 2.00. The molecule has 1 aliphatic rings. The van der Waals surface area contributed by atoms with E-state index in [2.05, 4.69) is 24.1 Å². The maximum atomic E-state index is 5.28. The molecule has 0 aromatic heterocycles. The molecule has 0 aliphatic carbocycles. The molecule has 1 atom stereocenters. The number of nitrogens with one attached hydrogen (secondary N) is 1. The zero-order valence-corrected chi connectivity index (χ0v) is 7.24. The first-order valence-corrected chi connectivity index (χ1v) is 3.99. The Hall–Kier alpha value is -0.520. The molecule has 1 saturated heterocycles. The molecule has 1 rings (SSSR count). The number of hydrogen-bond donors (Lipinski definition) is 1. The van der Waals surface area contributed by atoms with E-state index in [4.69, 9.17) is 4.74 Å². The minimum Gasteiger partial charge on any atom is -0.379 e. The van der Waals surface area contributed by atoms with Crippen molar-refractivity contribution in [2.45, 2.75) is 25.8 Å². The van der Waals surface area contributed by atoms with E-state index in [1.807, 2.05) is 6.92 Å². The SMILES string of the molecule is CC#CCNC1(C)CCOC1. The summed E-state index contributed by atoms with van der Waals surface area (Å²) in [4.78, 5) is 0. The van der Waals surface area contributed by atoms with Gasteiger partial charge < -0.3 is 4.74 Å². The van der Waals surface area contributed by atoms with Crippen molar-refractivity contribution in [3.05, 3.63) is 0 Å². The fourth-order valence-corrected chi connectivity index (χ4v) is 1.15. The Kier molecular flexibility index (Phi) is 2.92. The highest BCUT2D eigenvalue weighted by atomic mass is 16.5. The first kappa shape index (κ1) is 8.58. The highest BCUT2D eigenvalue weighted by Crippen LogP contribution is 2.16. The van der Waals surface area contributed by atoms with Crippen molar-refractivity contribution in [2.24, 2.45) is 0 Å². The van der Waals surface area contributed by atoms with Gasteiger partial charge in [0.1, 0.15) is 0 Å². The van der Waals surface area contributed by atoms with Crippen LogP contribution in [0, 0.1) is 11.8 Å². The van der Waals surface area contributed by atoms with Gasteiger partial charge in [-0.3, -0.25) is 5.32 Å². The summed E-state index contributed by atoms with van der Waals surface area (Å²) in [5.74, 6) is 5.84. The lowest BCUT2D eigenvalue weighted by Gasteiger charge is -2.21. The molecule has 0 aromatic carbocycles. The van der Waals surface area contributed by atoms with Crippen LogP contribution in [0.3, 0.4) is 0 Å². The summed E-state index contributed by atoms with van der Waals surface area (Å²) >= 11 is 0. The Bertz CT molecular complexity index is 172. The van der Waals surface area contributed by atoms with Crippen LogP contribution in [0.4, 0.5) is 0 Å². The van der Waals surface area contributed by atoms with Gasteiger partial charge in [0.2, 0.25) is 0 Å². The molecule has 1 fully saturated rings. The van der Waals surface area contributed by atoms with E-state index in [1.54, 1.807) is 0 Å². The van der Waals surface area contributed by atoms with Gasteiger partial charge in [-0.05, 0) is 20.3 Å². The quantitative estimate of drug-likeness (QED) is 0.592. The van der Waals surface area contributed by atoms with Gasteiger partial charge in [0.15, 0.2) is 0 Å². The lowest BCUT2D eigenvalue weighted by atomic mass is 10.0. The summed E-state index contributed by atoms with van der Waals surface area (Å²) in [6.45, 7) is 6.50. The second kappa shape index (κ2) is 3.75. The average molecular weight is 153 g/mol. The largest absolute Gasteiger partial charge is 0.379 e. The Morgan fingerprint density at radius 3 is 3.00 bits per heavy atom. The topological polar surface area (TPSA) is 21.3 Å². The maximum Gasteiger partial charge on any atom is 0.0646 e. The summed E-state index contributed by atoms with van der Waals surface area (Å²) < 4.78 is 5.28. The van der Waals surface area contributed by atoms with E-state index >= 15 is 0 Å². The molecule has 1 unspecified atom stereocenters. The standard InChI is InChI=1S/C9H15NO/c1-3-4-6-10-9(2)5-7-11-8-9/h10H,5-8H2,1-2H3. The Balaban J connectivity index is 2.26. The summed E-state index contributed by atoms with van der Waals surface area (Å²) in [6.07, 6.45) is 1.10. The molecule has 0 bridgehead atoms. The van der Waals surface area contributed by atoms with E-state index in [9.17, 15) is 0 Å². The third kappa shape index (κ3) is 2.53. The molecule has 0 saturated carbocycles. The van der Waals surface area contributed by atoms with Gasteiger partial charge in [0.25, 0.3) is 0 Å². The van der Waals surface area contributed by atoms with Crippen LogP contribution in [0.1, 0.15) is 20.3 Å². The summed E-state index contributed by atoms with van der Waals surface area (Å²) in [5.41, 5.74) is 0.170. The van der Waals surface area contributed by atoms with E-state index in [0.717, 1.165) is 26.2 Å². The normalized spacial score (nSPS) is 29.6. The van der Waals surface area contributed by atoms with Gasteiger partial charge in [0, 0.05) is 12.1 Å². The van der Waals surface area contributed by atoms with Crippen LogP contribution >= 0.6 is 0 Å². The molecule has 2 heteroatoms. The van der Waals surface area contributed by atoms with E-state index in [-0.39, 0.29) is 5.54 Å². The highest BCUT2D eigenvalue weighted by Gasteiger charge is 2.28. The molecule has 0 aromatic rings. The highest BCUT2D eigenvalue weighted by molar-refractivity contribution is 5.00. The number of hydrogen-bond acceptors (Lipinski definition) is 2. The molecule has 1 aliphatic heterocycles. The van der Waals surface area contributed by atoms with Crippen LogP contribution in [-0.2, 0) is 4.74 Å². The van der Waals surface area contributed by atoms with Crippen LogP contribution in [0.2, 0.25) is 0 Å². The lowest BCUT2D eigenvalue weighted by Crippen LogP contribution is -2.42. The van der Waals surface area contributed by atoms with Gasteiger partial charge >= 0.3 is 0 Å². The van der Waals surface area contributed by atoms with E-state index in [1.165, 1.54) is 0 Å². The van der Waals surface area contributed by atoms with Crippen molar-refractivity contribution >= 4 is 0 Å². The molecular weight excluding hydrogens is 138 g/mol. The zero-order chi connectivity index (χ0) is 8.16. The summed E-state index contributed by atoms with van der Waals surface area (Å²) in [7, 11) is 0. The van der Waals surface area contributed by atoms with E-state index < -0.39 is 0 Å². The third-order valence-corrected chi connectivity index (χ3v) is 2.00. The smallest absolute Gasteiger partial charge is 0.0646 e. The molecule has 0 amide bonds. The second-order valence-corrected chi connectivity index (χ2v) is 3.14. The molecule has 62 valence electrons. The fraction of sp³-hybridized carbons (Fsp3) is 0.778. The van der Waals surface area contributed by atoms with Crippen LogP contribution in [0.15, 0.2) is 0 Å². The van der Waals surface area contributed by atoms with Crippen molar-refractivity contribution in [3.8, 4) is 11.8 Å². The maximum absolute atomic E-state index is 5.28. The van der Waals surface area contributed by atoms with Gasteiger partial charge in [-0.15, -0.1) is 5.92 Å². The zero-order valence-electron chi connectivity index (χ0n) is 7.24. The molecule has 0 spiro atoms. The number of ether oxygens (including phenoxy) is 1. The van der Waals surface area contributed by atoms with Crippen LogP contribution in [0.5, 0.6) is 0 Å². The average Bonchev–Trinajstić information content (AvgIpc) is 2.38. The van der Waals surface area contributed by atoms with Gasteiger partial charge in [-0.2, -0.15) is 0 Å². The second-order valence-electron chi connectivity index (χ2n) is 3.14. The molecule has 2 nitrogen and oxygen atoms in total. The van der Waals surface area contributed by atoms with Gasteiger partial charge in [-0.25, -0.2) is 0 Å². The summed E-state index contributed by atoms with van der Waals surface area (Å²) in [6, 6.07) is 0. The van der Waals surface area contributed by atoms with Crippen molar-refractivity contribution < 1.29 is 4.74 Å². The van der Waals surface area contributed by atoms with Crippen molar-refractivity contribution in [3.63, 3.8) is 0 Å². The fourth-order valence-electron chi connectivity index (χ4n) is 1.15. The van der Waals surface area contributed by atoms with Crippen molar-refractivity contribution in [2.75, 3.05) is 19.8 Å². The minimum atomic E-state index is 0.170. The predicted molar refractivity (Wildman–Crippen MR) is 45.3 cm³/mol. The van der Waals surface area contributed by atoms with Crippen LogP contribution in [-0.4, -0.2) is 25.3 Å². The van der Waals surface area contributed by atoms with Crippen molar-refractivity contribution in [1.82, 2.24) is 5.32 Å². The molecule has 1 heterocycles.